The van der Waals surface area contributed by atoms with Crippen LogP contribution in [0.4, 0.5) is 10.5 Å². The molecule has 0 radical (unpaired) electrons. The van der Waals surface area contributed by atoms with Crippen LogP contribution in [0.2, 0.25) is 0 Å². The predicted molar refractivity (Wildman–Crippen MR) is 91.4 cm³/mol. The lowest BCUT2D eigenvalue weighted by atomic mass is 10.1. The third kappa shape index (κ3) is 2.82. The fourth-order valence-electron chi connectivity index (χ4n) is 3.58. The molecule has 118 valence electrons. The Labute approximate surface area is 136 Å². The molecule has 0 bridgehead atoms. The minimum Gasteiger partial charge on any atom is -0.317 e. The number of para-hydroxylation sites is 1. The van der Waals surface area contributed by atoms with Crippen molar-refractivity contribution in [2.24, 2.45) is 0 Å². The number of fused-ring (bicyclic) bond motifs is 1. The van der Waals surface area contributed by atoms with Crippen molar-refractivity contribution in [3.05, 3.63) is 66.2 Å². The third-order valence-corrected chi connectivity index (χ3v) is 4.75. The van der Waals surface area contributed by atoms with Gasteiger partial charge in [-0.1, -0.05) is 48.5 Å². The van der Waals surface area contributed by atoms with Gasteiger partial charge in [0.1, 0.15) is 0 Å². The molecule has 1 unspecified atom stereocenters. The van der Waals surface area contributed by atoms with Gasteiger partial charge in [-0.05, 0) is 17.7 Å². The Morgan fingerprint density at radius 1 is 0.870 bits per heavy atom. The van der Waals surface area contributed by atoms with Gasteiger partial charge in [0.05, 0.1) is 6.04 Å². The Morgan fingerprint density at radius 2 is 1.57 bits per heavy atom. The molecule has 1 atom stereocenters. The molecule has 23 heavy (non-hydrogen) atoms. The first-order valence-electron chi connectivity index (χ1n) is 8.21. The molecule has 0 aromatic heterocycles. The molecule has 2 fully saturated rings. The number of urea groups is 1. The number of nitrogens with zero attached hydrogens (tertiary/aromatic N) is 3. The molecule has 2 aliphatic rings. The number of hydrogen-bond acceptors (Lipinski definition) is 2. The van der Waals surface area contributed by atoms with Gasteiger partial charge in [0.25, 0.3) is 0 Å². The van der Waals surface area contributed by atoms with E-state index < -0.39 is 0 Å². The smallest absolute Gasteiger partial charge is 0.317 e. The zero-order valence-electron chi connectivity index (χ0n) is 13.1. The van der Waals surface area contributed by atoms with Crippen molar-refractivity contribution in [2.45, 2.75) is 12.6 Å². The molecule has 0 N–H and O–H groups in total. The lowest BCUT2D eigenvalue weighted by Gasteiger charge is -2.36. The average molecular weight is 307 g/mol. The van der Waals surface area contributed by atoms with Crippen LogP contribution in [0, 0.1) is 0 Å². The molecule has 2 amide bonds. The van der Waals surface area contributed by atoms with Gasteiger partial charge < -0.3 is 4.90 Å². The molecule has 2 aromatic rings. The van der Waals surface area contributed by atoms with Crippen LogP contribution < -0.4 is 4.90 Å². The summed E-state index contributed by atoms with van der Waals surface area (Å²) in [5.74, 6) is 0. The van der Waals surface area contributed by atoms with Gasteiger partial charge in [-0.15, -0.1) is 0 Å². The van der Waals surface area contributed by atoms with E-state index in [4.69, 9.17) is 0 Å². The second-order valence-electron chi connectivity index (χ2n) is 6.30. The summed E-state index contributed by atoms with van der Waals surface area (Å²) in [6.07, 6.45) is 0. The number of amides is 2. The van der Waals surface area contributed by atoms with Crippen LogP contribution >= 0.6 is 0 Å². The molecule has 0 saturated carbocycles. The summed E-state index contributed by atoms with van der Waals surface area (Å²) in [7, 11) is 0. The molecular weight excluding hydrogens is 286 g/mol. The molecule has 0 aliphatic carbocycles. The summed E-state index contributed by atoms with van der Waals surface area (Å²) in [6.45, 7) is 4.46. The van der Waals surface area contributed by atoms with Crippen molar-refractivity contribution < 1.29 is 4.79 Å². The quantitative estimate of drug-likeness (QED) is 0.872. The van der Waals surface area contributed by atoms with Crippen molar-refractivity contribution >= 4 is 11.7 Å². The summed E-state index contributed by atoms with van der Waals surface area (Å²) in [4.78, 5) is 19.0. The normalized spacial score (nSPS) is 21.6. The van der Waals surface area contributed by atoms with Crippen LogP contribution in [0.5, 0.6) is 0 Å². The minimum atomic E-state index is 0.153. The van der Waals surface area contributed by atoms with Crippen molar-refractivity contribution in [1.82, 2.24) is 9.80 Å². The predicted octanol–water partition coefficient (Wildman–Crippen LogP) is 2.81. The fourth-order valence-corrected chi connectivity index (χ4v) is 3.58. The van der Waals surface area contributed by atoms with E-state index in [0.29, 0.717) is 6.04 Å². The highest BCUT2D eigenvalue weighted by Crippen LogP contribution is 2.26. The number of hydrogen-bond donors (Lipinski definition) is 0. The van der Waals surface area contributed by atoms with Crippen LogP contribution in [-0.4, -0.2) is 48.1 Å². The summed E-state index contributed by atoms with van der Waals surface area (Å²) in [5, 5.41) is 0. The third-order valence-electron chi connectivity index (χ3n) is 4.75. The molecule has 0 spiro atoms. The topological polar surface area (TPSA) is 26.8 Å². The Hall–Kier alpha value is -2.33. The largest absolute Gasteiger partial charge is 0.324 e. The van der Waals surface area contributed by atoms with E-state index in [1.54, 1.807) is 0 Å². The number of anilines is 1. The minimum absolute atomic E-state index is 0.153. The highest BCUT2D eigenvalue weighted by Gasteiger charge is 2.40. The van der Waals surface area contributed by atoms with Crippen LogP contribution in [-0.2, 0) is 6.54 Å². The number of carbonyl (C=O) groups is 1. The van der Waals surface area contributed by atoms with Crippen molar-refractivity contribution in [1.29, 1.82) is 0 Å². The van der Waals surface area contributed by atoms with Gasteiger partial charge in [-0.3, -0.25) is 9.80 Å². The maximum absolute atomic E-state index is 12.6. The van der Waals surface area contributed by atoms with E-state index in [2.05, 4.69) is 35.2 Å². The van der Waals surface area contributed by atoms with Gasteiger partial charge in [0.2, 0.25) is 0 Å². The van der Waals surface area contributed by atoms with Crippen molar-refractivity contribution in [2.75, 3.05) is 31.1 Å². The average Bonchev–Trinajstić information content (AvgIpc) is 2.93. The Bertz CT molecular complexity index is 674. The highest BCUT2D eigenvalue weighted by molar-refractivity contribution is 5.94. The van der Waals surface area contributed by atoms with Crippen LogP contribution in [0.1, 0.15) is 5.56 Å². The Morgan fingerprint density at radius 3 is 2.30 bits per heavy atom. The van der Waals surface area contributed by atoms with Crippen molar-refractivity contribution in [3.8, 4) is 0 Å². The van der Waals surface area contributed by atoms with E-state index in [1.165, 1.54) is 5.56 Å². The van der Waals surface area contributed by atoms with Crippen molar-refractivity contribution in [3.63, 3.8) is 0 Å². The lowest BCUT2D eigenvalue weighted by Crippen LogP contribution is -2.51. The Balaban J connectivity index is 1.45. The van der Waals surface area contributed by atoms with Crippen LogP contribution in [0.3, 0.4) is 0 Å². The number of piperazine rings is 1. The van der Waals surface area contributed by atoms with Gasteiger partial charge in [-0.25, -0.2) is 4.79 Å². The Kier molecular flexibility index (Phi) is 3.75. The lowest BCUT2D eigenvalue weighted by molar-refractivity contribution is 0.116. The molecular formula is C19H21N3O. The molecule has 4 heteroatoms. The van der Waals surface area contributed by atoms with Crippen LogP contribution in [0.25, 0.3) is 0 Å². The van der Waals surface area contributed by atoms with Gasteiger partial charge in [0, 0.05) is 38.4 Å². The second-order valence-corrected chi connectivity index (χ2v) is 6.30. The summed E-state index contributed by atoms with van der Waals surface area (Å²) in [6, 6.07) is 21.0. The molecule has 4 rings (SSSR count). The number of benzene rings is 2. The molecule has 2 heterocycles. The summed E-state index contributed by atoms with van der Waals surface area (Å²) >= 11 is 0. The monoisotopic (exact) mass is 307 g/mol. The first kappa shape index (κ1) is 14.3. The molecule has 2 saturated heterocycles. The van der Waals surface area contributed by atoms with Gasteiger partial charge in [-0.2, -0.15) is 0 Å². The maximum Gasteiger partial charge on any atom is 0.324 e. The molecule has 2 aliphatic heterocycles. The number of rotatable bonds is 3. The van der Waals surface area contributed by atoms with E-state index in [9.17, 15) is 4.79 Å². The van der Waals surface area contributed by atoms with E-state index in [-0.39, 0.29) is 6.03 Å². The summed E-state index contributed by atoms with van der Waals surface area (Å²) < 4.78 is 0. The SMILES string of the molecule is O=C1N(c2ccccc2)CC2CN(Cc3ccccc3)CCN12. The van der Waals surface area contributed by atoms with Gasteiger partial charge >= 0.3 is 6.03 Å². The first-order chi connectivity index (χ1) is 11.3. The van der Waals surface area contributed by atoms with E-state index in [0.717, 1.165) is 38.4 Å². The van der Waals surface area contributed by atoms with E-state index in [1.807, 2.05) is 40.1 Å². The van der Waals surface area contributed by atoms with Crippen LogP contribution in [0.15, 0.2) is 60.7 Å². The zero-order valence-corrected chi connectivity index (χ0v) is 13.1. The summed E-state index contributed by atoms with van der Waals surface area (Å²) in [5.41, 5.74) is 2.34. The van der Waals surface area contributed by atoms with Gasteiger partial charge in [0.15, 0.2) is 0 Å². The number of carbonyl (C=O) groups excluding carboxylic acids is 1. The maximum atomic E-state index is 12.6. The standard InChI is InChI=1S/C19H21N3O/c23-19-21-12-11-20(13-16-7-3-1-4-8-16)14-18(21)15-22(19)17-9-5-2-6-10-17/h1-10,18H,11-15H2. The fraction of sp³-hybridized carbons (Fsp3) is 0.316. The first-order valence-corrected chi connectivity index (χ1v) is 8.21. The second kappa shape index (κ2) is 6.05. The zero-order chi connectivity index (χ0) is 15.6. The van der Waals surface area contributed by atoms with E-state index >= 15 is 0 Å². The highest BCUT2D eigenvalue weighted by atomic mass is 16.2. The molecule has 2 aromatic carbocycles. The molecule has 4 nitrogen and oxygen atoms in total.